The summed E-state index contributed by atoms with van der Waals surface area (Å²) in [4.78, 5) is 6.56. The lowest BCUT2D eigenvalue weighted by Gasteiger charge is -2.27. The van der Waals surface area contributed by atoms with Crippen molar-refractivity contribution in [3.63, 3.8) is 0 Å². The lowest BCUT2D eigenvalue weighted by molar-refractivity contribution is 0.0420. The monoisotopic (exact) mass is 456 g/mol. The molecule has 6 nitrogen and oxygen atoms in total. The number of ether oxygens (including phenoxy) is 2. The van der Waals surface area contributed by atoms with Crippen molar-refractivity contribution in [2.45, 2.75) is 45.3 Å². The first-order valence-electron chi connectivity index (χ1n) is 8.83. The van der Waals surface area contributed by atoms with E-state index in [4.69, 9.17) is 9.47 Å². The molecule has 0 amide bonds. The molecule has 1 aliphatic rings. The average molecular weight is 456 g/mol. The number of rotatable bonds is 10. The van der Waals surface area contributed by atoms with Crippen LogP contribution in [0.3, 0.4) is 0 Å². The van der Waals surface area contributed by atoms with Gasteiger partial charge in [-0.15, -0.1) is 24.0 Å². The highest BCUT2D eigenvalue weighted by Gasteiger charge is 2.15. The third-order valence-corrected chi connectivity index (χ3v) is 4.06. The summed E-state index contributed by atoms with van der Waals surface area (Å²) in [6.07, 6.45) is 3.47. The molecule has 0 aromatic rings. The predicted molar refractivity (Wildman–Crippen MR) is 112 cm³/mol. The van der Waals surface area contributed by atoms with Crippen molar-refractivity contribution in [2.75, 3.05) is 54.1 Å². The number of likely N-dealkylation sites (N-methyl/N-ethyl adjacent to an activating group) is 1. The SMILES string of the molecule is CN=C(NCCCOC1CCOC1)NCC(CC(C)C)N(C)C.I. The molecule has 2 atom stereocenters. The number of nitrogens with one attached hydrogen (secondary N) is 2. The van der Waals surface area contributed by atoms with E-state index in [0.29, 0.717) is 18.1 Å². The lowest BCUT2D eigenvalue weighted by atomic mass is 10.0. The summed E-state index contributed by atoms with van der Waals surface area (Å²) in [5.74, 6) is 1.56. The van der Waals surface area contributed by atoms with E-state index >= 15 is 0 Å². The third-order valence-electron chi connectivity index (χ3n) is 4.06. The van der Waals surface area contributed by atoms with Gasteiger partial charge in [0.2, 0.25) is 0 Å². The van der Waals surface area contributed by atoms with E-state index in [1.165, 1.54) is 6.42 Å². The van der Waals surface area contributed by atoms with E-state index in [9.17, 15) is 0 Å². The third kappa shape index (κ3) is 10.7. The van der Waals surface area contributed by atoms with Crippen LogP contribution in [0, 0.1) is 5.92 Å². The summed E-state index contributed by atoms with van der Waals surface area (Å²) < 4.78 is 11.1. The van der Waals surface area contributed by atoms with E-state index in [-0.39, 0.29) is 24.0 Å². The molecular weight excluding hydrogens is 419 g/mol. The van der Waals surface area contributed by atoms with E-state index in [1.807, 2.05) is 7.05 Å². The molecular formula is C17H37IN4O2. The van der Waals surface area contributed by atoms with Gasteiger partial charge >= 0.3 is 0 Å². The first kappa shape index (κ1) is 23.9. The zero-order chi connectivity index (χ0) is 17.1. The molecule has 0 radical (unpaired) electrons. The van der Waals surface area contributed by atoms with Crippen molar-refractivity contribution in [3.8, 4) is 0 Å². The molecule has 1 rings (SSSR count). The Morgan fingerprint density at radius 2 is 2.08 bits per heavy atom. The molecule has 2 N–H and O–H groups in total. The van der Waals surface area contributed by atoms with Gasteiger partial charge in [-0.05, 0) is 39.3 Å². The molecule has 0 saturated carbocycles. The van der Waals surface area contributed by atoms with Crippen LogP contribution in [0.1, 0.15) is 33.1 Å². The van der Waals surface area contributed by atoms with Crippen molar-refractivity contribution < 1.29 is 9.47 Å². The zero-order valence-electron chi connectivity index (χ0n) is 16.0. The summed E-state index contributed by atoms with van der Waals surface area (Å²) >= 11 is 0. The summed E-state index contributed by atoms with van der Waals surface area (Å²) in [6.45, 7) is 8.65. The van der Waals surface area contributed by atoms with Gasteiger partial charge in [-0.2, -0.15) is 0 Å². The topological polar surface area (TPSA) is 58.1 Å². The molecule has 0 spiro atoms. The highest BCUT2D eigenvalue weighted by molar-refractivity contribution is 14.0. The minimum absolute atomic E-state index is 0. The average Bonchev–Trinajstić information content (AvgIpc) is 3.01. The summed E-state index contributed by atoms with van der Waals surface area (Å²) in [7, 11) is 6.08. The molecule has 0 aromatic heterocycles. The van der Waals surface area contributed by atoms with E-state index in [1.54, 1.807) is 0 Å². The second-order valence-corrected chi connectivity index (χ2v) is 6.84. The van der Waals surface area contributed by atoms with Crippen molar-refractivity contribution in [2.24, 2.45) is 10.9 Å². The van der Waals surface area contributed by atoms with E-state index < -0.39 is 0 Å². The number of hydrogen-bond donors (Lipinski definition) is 2. The lowest BCUT2D eigenvalue weighted by Crippen LogP contribution is -2.45. The van der Waals surface area contributed by atoms with Crippen LogP contribution in [-0.4, -0.2) is 77.1 Å². The Morgan fingerprint density at radius 1 is 1.33 bits per heavy atom. The Labute approximate surface area is 165 Å². The van der Waals surface area contributed by atoms with Crippen LogP contribution >= 0.6 is 24.0 Å². The molecule has 1 heterocycles. The first-order valence-corrected chi connectivity index (χ1v) is 8.83. The summed E-state index contributed by atoms with van der Waals surface area (Å²) in [5, 5.41) is 6.78. The van der Waals surface area contributed by atoms with E-state index in [2.05, 4.69) is 48.5 Å². The van der Waals surface area contributed by atoms with Gasteiger partial charge < -0.3 is 25.0 Å². The fraction of sp³-hybridized carbons (Fsp3) is 0.941. The molecule has 1 fully saturated rings. The number of aliphatic imine (C=N–C) groups is 1. The van der Waals surface area contributed by atoms with Gasteiger partial charge in [0.15, 0.2) is 5.96 Å². The fourth-order valence-corrected chi connectivity index (χ4v) is 2.63. The van der Waals surface area contributed by atoms with Crippen LogP contribution in [0.5, 0.6) is 0 Å². The second kappa shape index (κ2) is 14.1. The highest BCUT2D eigenvalue weighted by atomic mass is 127. The highest BCUT2D eigenvalue weighted by Crippen LogP contribution is 2.08. The van der Waals surface area contributed by atoms with Crippen LogP contribution in [0.25, 0.3) is 0 Å². The van der Waals surface area contributed by atoms with Crippen LogP contribution in [0.15, 0.2) is 4.99 Å². The van der Waals surface area contributed by atoms with Gasteiger partial charge in [-0.3, -0.25) is 4.99 Å². The van der Waals surface area contributed by atoms with Gasteiger partial charge in [0.1, 0.15) is 0 Å². The Hall–Kier alpha value is -0.120. The molecule has 0 bridgehead atoms. The minimum atomic E-state index is 0. The quantitative estimate of drug-likeness (QED) is 0.228. The van der Waals surface area contributed by atoms with Crippen molar-refractivity contribution >= 4 is 29.9 Å². The van der Waals surface area contributed by atoms with Gasteiger partial charge in [-0.1, -0.05) is 13.8 Å². The standard InChI is InChI=1S/C17H36N4O2.HI/c1-14(2)11-15(21(4)5)12-20-17(18-3)19-8-6-9-23-16-7-10-22-13-16;/h14-16H,6-13H2,1-5H3,(H2,18,19,20);1H. The largest absolute Gasteiger partial charge is 0.379 e. The van der Waals surface area contributed by atoms with Crippen LogP contribution < -0.4 is 10.6 Å². The maximum atomic E-state index is 5.76. The fourth-order valence-electron chi connectivity index (χ4n) is 2.63. The molecule has 0 aliphatic carbocycles. The number of hydrogen-bond acceptors (Lipinski definition) is 4. The second-order valence-electron chi connectivity index (χ2n) is 6.84. The summed E-state index contributed by atoms with van der Waals surface area (Å²) in [6, 6.07) is 0.513. The predicted octanol–water partition coefficient (Wildman–Crippen LogP) is 1.94. The minimum Gasteiger partial charge on any atom is -0.379 e. The number of nitrogens with zero attached hydrogens (tertiary/aromatic N) is 2. The molecule has 2 unspecified atom stereocenters. The first-order chi connectivity index (χ1) is 11.0. The smallest absolute Gasteiger partial charge is 0.191 e. The van der Waals surface area contributed by atoms with E-state index in [0.717, 1.165) is 51.7 Å². The van der Waals surface area contributed by atoms with Gasteiger partial charge in [-0.25, -0.2) is 0 Å². The number of guanidine groups is 1. The van der Waals surface area contributed by atoms with Crippen LogP contribution in [0.4, 0.5) is 0 Å². The van der Waals surface area contributed by atoms with Crippen molar-refractivity contribution in [1.29, 1.82) is 0 Å². The Kier molecular flexibility index (Phi) is 14.0. The van der Waals surface area contributed by atoms with Crippen molar-refractivity contribution in [3.05, 3.63) is 0 Å². The molecule has 144 valence electrons. The van der Waals surface area contributed by atoms with Crippen molar-refractivity contribution in [1.82, 2.24) is 15.5 Å². The Bertz CT molecular complexity index is 335. The van der Waals surface area contributed by atoms with Gasteiger partial charge in [0, 0.05) is 39.4 Å². The normalized spacial score (nSPS) is 19.5. The Morgan fingerprint density at radius 3 is 2.62 bits per heavy atom. The maximum absolute atomic E-state index is 5.76. The molecule has 7 heteroatoms. The number of halogens is 1. The van der Waals surface area contributed by atoms with Crippen LogP contribution in [0.2, 0.25) is 0 Å². The van der Waals surface area contributed by atoms with Gasteiger partial charge in [0.05, 0.1) is 12.7 Å². The maximum Gasteiger partial charge on any atom is 0.191 e. The summed E-state index contributed by atoms with van der Waals surface area (Å²) in [5.41, 5.74) is 0. The molecule has 24 heavy (non-hydrogen) atoms. The molecule has 1 aliphatic heterocycles. The van der Waals surface area contributed by atoms with Gasteiger partial charge in [0.25, 0.3) is 0 Å². The molecule has 0 aromatic carbocycles. The zero-order valence-corrected chi connectivity index (χ0v) is 18.3. The van der Waals surface area contributed by atoms with Crippen LogP contribution in [-0.2, 0) is 9.47 Å². The molecule has 1 saturated heterocycles. The Balaban J connectivity index is 0.00000529.